The summed E-state index contributed by atoms with van der Waals surface area (Å²) in [5.41, 5.74) is -0.0198. The number of rotatable bonds is 5. The lowest BCUT2D eigenvalue weighted by Crippen LogP contribution is -2.57. The molecule has 3 heterocycles. The molecule has 29 heavy (non-hydrogen) atoms. The Labute approximate surface area is 189 Å². The molecule has 0 atom stereocenters. The summed E-state index contributed by atoms with van der Waals surface area (Å²) in [7, 11) is -3.08. The number of aromatic nitrogens is 3. The lowest BCUT2D eigenvalue weighted by Gasteiger charge is -2.39. The van der Waals surface area contributed by atoms with Crippen molar-refractivity contribution in [3.8, 4) is 0 Å². The SMILES string of the molecule is CCNC(=NCCCn1nc2n(c1=O)CCCC2)N1CCS(=O)(=O)C(C)(C)C1.I. The van der Waals surface area contributed by atoms with Gasteiger partial charge in [0, 0.05) is 45.7 Å². The Morgan fingerprint density at radius 2 is 2.03 bits per heavy atom. The maximum absolute atomic E-state index is 12.4. The zero-order valence-corrected chi connectivity index (χ0v) is 20.7. The van der Waals surface area contributed by atoms with Gasteiger partial charge in [0.1, 0.15) is 5.82 Å². The topological polar surface area (TPSA) is 102 Å². The molecule has 0 unspecified atom stereocenters. The Kier molecular flexibility index (Phi) is 8.16. The van der Waals surface area contributed by atoms with E-state index in [1.807, 2.05) is 11.8 Å². The Hall–Kier alpha value is -1.11. The number of aryl methyl sites for hydroxylation is 2. The van der Waals surface area contributed by atoms with Crippen LogP contribution in [0, 0.1) is 0 Å². The van der Waals surface area contributed by atoms with E-state index in [2.05, 4.69) is 15.4 Å². The summed E-state index contributed by atoms with van der Waals surface area (Å²) in [5.74, 6) is 1.77. The van der Waals surface area contributed by atoms with Crippen LogP contribution in [-0.2, 0) is 29.3 Å². The second-order valence-electron chi connectivity index (χ2n) is 8.12. The van der Waals surface area contributed by atoms with Gasteiger partial charge in [0.05, 0.1) is 10.5 Å². The maximum atomic E-state index is 12.4. The third-order valence-electron chi connectivity index (χ3n) is 5.50. The molecule has 1 aromatic rings. The summed E-state index contributed by atoms with van der Waals surface area (Å²) in [6.45, 7) is 8.99. The van der Waals surface area contributed by atoms with E-state index in [4.69, 9.17) is 0 Å². The van der Waals surface area contributed by atoms with Crippen molar-refractivity contribution in [3.63, 3.8) is 0 Å². The number of sulfone groups is 1. The lowest BCUT2D eigenvalue weighted by atomic mass is 10.2. The normalized spacial score (nSPS) is 20.7. The number of hydrogen-bond acceptors (Lipinski definition) is 5. The summed E-state index contributed by atoms with van der Waals surface area (Å²) >= 11 is 0. The van der Waals surface area contributed by atoms with E-state index >= 15 is 0 Å². The molecule has 1 aromatic heterocycles. The first-order valence-corrected chi connectivity index (χ1v) is 11.8. The third kappa shape index (κ3) is 5.33. The van der Waals surface area contributed by atoms with Crippen LogP contribution in [0.4, 0.5) is 0 Å². The van der Waals surface area contributed by atoms with Crippen molar-refractivity contribution in [2.75, 3.05) is 31.9 Å². The van der Waals surface area contributed by atoms with Gasteiger partial charge in [-0.25, -0.2) is 17.9 Å². The van der Waals surface area contributed by atoms with Crippen molar-refractivity contribution >= 4 is 39.8 Å². The molecule has 0 aromatic carbocycles. The molecular formula is C18H33IN6O3S. The zero-order valence-electron chi connectivity index (χ0n) is 17.6. The van der Waals surface area contributed by atoms with Gasteiger partial charge >= 0.3 is 5.69 Å². The fourth-order valence-corrected chi connectivity index (χ4v) is 5.12. The molecule has 2 aliphatic rings. The highest BCUT2D eigenvalue weighted by atomic mass is 127. The second-order valence-corrected chi connectivity index (χ2v) is 10.9. The fraction of sp³-hybridized carbons (Fsp3) is 0.833. The Morgan fingerprint density at radius 1 is 1.28 bits per heavy atom. The van der Waals surface area contributed by atoms with E-state index in [0.29, 0.717) is 32.6 Å². The van der Waals surface area contributed by atoms with Crippen LogP contribution in [0.3, 0.4) is 0 Å². The fourth-order valence-electron chi connectivity index (χ4n) is 3.75. The van der Waals surface area contributed by atoms with Gasteiger partial charge in [-0.05, 0) is 40.0 Å². The predicted octanol–water partition coefficient (Wildman–Crippen LogP) is 0.864. The minimum absolute atomic E-state index is 0. The van der Waals surface area contributed by atoms with Crippen molar-refractivity contribution in [1.29, 1.82) is 0 Å². The number of halogens is 1. The molecule has 0 saturated carbocycles. The lowest BCUT2D eigenvalue weighted by molar-refractivity contribution is 0.353. The number of guanidine groups is 1. The minimum Gasteiger partial charge on any atom is -0.357 e. The molecule has 9 nitrogen and oxygen atoms in total. The molecule has 0 bridgehead atoms. The molecular weight excluding hydrogens is 507 g/mol. The number of nitrogens with one attached hydrogen (secondary N) is 1. The van der Waals surface area contributed by atoms with E-state index in [1.54, 1.807) is 23.1 Å². The second kappa shape index (κ2) is 9.80. The standard InChI is InChI=1S/C18H32N6O3S.HI/c1-4-19-16(22-12-13-28(26,27)18(2,3)14-22)20-9-7-11-24-17(25)23-10-6-5-8-15(23)21-24;/h4-14H2,1-3H3,(H,19,20);1H. The van der Waals surface area contributed by atoms with E-state index in [1.165, 1.54) is 0 Å². The quantitative estimate of drug-likeness (QED) is 0.258. The maximum Gasteiger partial charge on any atom is 0.345 e. The highest BCUT2D eigenvalue weighted by Crippen LogP contribution is 2.23. The Morgan fingerprint density at radius 3 is 2.69 bits per heavy atom. The van der Waals surface area contributed by atoms with Crippen LogP contribution in [0.15, 0.2) is 9.79 Å². The molecule has 11 heteroatoms. The van der Waals surface area contributed by atoms with Gasteiger partial charge in [-0.1, -0.05) is 0 Å². The molecule has 0 amide bonds. The molecule has 166 valence electrons. The first kappa shape index (κ1) is 24.2. The molecule has 0 spiro atoms. The first-order valence-electron chi connectivity index (χ1n) is 10.2. The molecule has 2 aliphatic heterocycles. The Balaban J connectivity index is 0.00000300. The molecule has 1 saturated heterocycles. The van der Waals surface area contributed by atoms with Gasteiger partial charge in [-0.2, -0.15) is 5.10 Å². The number of nitrogens with zero attached hydrogens (tertiary/aromatic N) is 5. The van der Waals surface area contributed by atoms with E-state index in [-0.39, 0.29) is 35.4 Å². The predicted molar refractivity (Wildman–Crippen MR) is 125 cm³/mol. The van der Waals surface area contributed by atoms with Crippen LogP contribution in [-0.4, -0.2) is 70.3 Å². The van der Waals surface area contributed by atoms with Crippen LogP contribution < -0.4 is 11.0 Å². The smallest absolute Gasteiger partial charge is 0.345 e. The monoisotopic (exact) mass is 540 g/mol. The summed E-state index contributed by atoms with van der Waals surface area (Å²) in [5, 5.41) is 7.71. The van der Waals surface area contributed by atoms with Gasteiger partial charge in [0.25, 0.3) is 0 Å². The zero-order chi connectivity index (χ0) is 20.4. The van der Waals surface area contributed by atoms with Crippen molar-refractivity contribution in [2.24, 2.45) is 4.99 Å². The average Bonchev–Trinajstić information content (AvgIpc) is 2.96. The van der Waals surface area contributed by atoms with Crippen molar-refractivity contribution in [3.05, 3.63) is 16.3 Å². The molecule has 1 fully saturated rings. The van der Waals surface area contributed by atoms with Crippen LogP contribution in [0.1, 0.15) is 45.9 Å². The van der Waals surface area contributed by atoms with Gasteiger partial charge in [0.15, 0.2) is 15.8 Å². The molecule has 0 aliphatic carbocycles. The average molecular weight is 540 g/mol. The van der Waals surface area contributed by atoms with Crippen molar-refractivity contribution in [1.82, 2.24) is 24.6 Å². The van der Waals surface area contributed by atoms with Crippen LogP contribution >= 0.6 is 24.0 Å². The van der Waals surface area contributed by atoms with Crippen molar-refractivity contribution < 1.29 is 8.42 Å². The molecule has 0 radical (unpaired) electrons. The van der Waals surface area contributed by atoms with Crippen molar-refractivity contribution in [2.45, 2.75) is 64.3 Å². The largest absolute Gasteiger partial charge is 0.357 e. The van der Waals surface area contributed by atoms with E-state index < -0.39 is 14.6 Å². The minimum atomic E-state index is -3.08. The van der Waals surface area contributed by atoms with Crippen LogP contribution in [0.25, 0.3) is 0 Å². The third-order valence-corrected chi connectivity index (χ3v) is 8.03. The number of aliphatic imine (C=N–C) groups is 1. The summed E-state index contributed by atoms with van der Waals surface area (Å²) in [6.07, 6.45) is 3.71. The van der Waals surface area contributed by atoms with Crippen LogP contribution in [0.5, 0.6) is 0 Å². The highest BCUT2D eigenvalue weighted by molar-refractivity contribution is 14.0. The van der Waals surface area contributed by atoms with E-state index in [0.717, 1.165) is 44.1 Å². The highest BCUT2D eigenvalue weighted by Gasteiger charge is 2.40. The summed E-state index contributed by atoms with van der Waals surface area (Å²) < 4.78 is 27.0. The van der Waals surface area contributed by atoms with Gasteiger partial charge in [0.2, 0.25) is 0 Å². The summed E-state index contributed by atoms with van der Waals surface area (Å²) in [4.78, 5) is 19.1. The summed E-state index contributed by atoms with van der Waals surface area (Å²) in [6, 6.07) is 0. The van der Waals surface area contributed by atoms with E-state index in [9.17, 15) is 13.2 Å². The molecule has 1 N–H and O–H groups in total. The number of fused-ring (bicyclic) bond motifs is 1. The van der Waals surface area contributed by atoms with Gasteiger partial charge in [-0.3, -0.25) is 9.56 Å². The Bertz CT molecular complexity index is 890. The number of hydrogen-bond donors (Lipinski definition) is 1. The van der Waals surface area contributed by atoms with Crippen LogP contribution in [0.2, 0.25) is 0 Å². The molecule has 3 rings (SSSR count). The van der Waals surface area contributed by atoms with Gasteiger partial charge in [-0.15, -0.1) is 24.0 Å². The first-order chi connectivity index (χ1) is 13.2. The van der Waals surface area contributed by atoms with Gasteiger partial charge < -0.3 is 10.2 Å².